The molecule has 0 aliphatic rings. The quantitative estimate of drug-likeness (QED) is 0.491. The summed E-state index contributed by atoms with van der Waals surface area (Å²) in [5, 5.41) is 13.1. The van der Waals surface area contributed by atoms with Crippen molar-refractivity contribution in [1.29, 1.82) is 0 Å². The number of aromatic nitrogens is 4. The third kappa shape index (κ3) is 2.67. The zero-order valence-corrected chi connectivity index (χ0v) is 12.6. The number of nitrogens with zero attached hydrogens (tertiary/aromatic N) is 1. The maximum absolute atomic E-state index is 12.5. The van der Waals surface area contributed by atoms with Crippen LogP contribution in [0.2, 0.25) is 0 Å². The molecule has 116 valence electrons. The minimum atomic E-state index is -0.600. The van der Waals surface area contributed by atoms with Crippen LogP contribution in [0, 0.1) is 4.77 Å². The molecule has 3 rings (SSSR count). The van der Waals surface area contributed by atoms with Crippen LogP contribution in [0.4, 0.5) is 0 Å². The van der Waals surface area contributed by atoms with Crippen molar-refractivity contribution in [2.75, 3.05) is 0 Å². The average Bonchev–Trinajstić information content (AvgIpc) is 2.79. The number of rotatable bonds is 2. The van der Waals surface area contributed by atoms with E-state index < -0.39 is 11.4 Å². The van der Waals surface area contributed by atoms with Crippen LogP contribution in [0.3, 0.4) is 0 Å². The normalized spacial score (nSPS) is 11.7. The van der Waals surface area contributed by atoms with Gasteiger partial charge in [-0.1, -0.05) is 24.8 Å². The summed E-state index contributed by atoms with van der Waals surface area (Å²) >= 11 is 4.76. The summed E-state index contributed by atoms with van der Waals surface area (Å²) in [5.41, 5.74) is -0.451. The number of hydrogen-bond acceptors (Lipinski definition) is 4. The fourth-order valence-electron chi connectivity index (χ4n) is 2.17. The fraction of sp³-hybridized carbons (Fsp3) is 0. The van der Waals surface area contributed by atoms with Gasteiger partial charge in [-0.25, -0.2) is 4.68 Å². The van der Waals surface area contributed by atoms with Crippen molar-refractivity contribution in [3.63, 3.8) is 0 Å². The predicted molar refractivity (Wildman–Crippen MR) is 88.6 cm³/mol. The summed E-state index contributed by atoms with van der Waals surface area (Å²) < 4.78 is 1.31. The van der Waals surface area contributed by atoms with E-state index in [1.165, 1.54) is 10.8 Å². The second-order valence-corrected chi connectivity index (χ2v) is 5.20. The molecule has 4 N–H and O–H groups in total. The van der Waals surface area contributed by atoms with Gasteiger partial charge in [0, 0.05) is 0 Å². The molecule has 23 heavy (non-hydrogen) atoms. The highest BCUT2D eigenvalue weighted by Crippen LogP contribution is 2.06. The first kappa shape index (κ1) is 14.8. The number of benzene rings is 1. The number of aromatic hydroxyl groups is 1. The molecule has 2 aromatic heterocycles. The average molecular weight is 328 g/mol. The molecule has 0 saturated carbocycles. The molecule has 1 aromatic carbocycles. The Hall–Kier alpha value is -3.13. The molecule has 7 nitrogen and oxygen atoms in total. The van der Waals surface area contributed by atoms with E-state index in [1.807, 2.05) is 6.07 Å². The van der Waals surface area contributed by atoms with E-state index in [1.54, 1.807) is 24.3 Å². The predicted octanol–water partition coefficient (Wildman–Crippen LogP) is -0.144. The highest BCUT2D eigenvalue weighted by Gasteiger charge is 2.08. The minimum absolute atomic E-state index is 0.00439. The van der Waals surface area contributed by atoms with Crippen LogP contribution in [0.25, 0.3) is 18.3 Å². The van der Waals surface area contributed by atoms with Gasteiger partial charge in [0.1, 0.15) is 5.56 Å². The van der Waals surface area contributed by atoms with E-state index >= 15 is 0 Å². The Bertz CT molecular complexity index is 1150. The lowest BCUT2D eigenvalue weighted by Gasteiger charge is -1.99. The highest BCUT2D eigenvalue weighted by molar-refractivity contribution is 7.71. The molecular weight excluding hydrogens is 316 g/mol. The first-order valence-electron chi connectivity index (χ1n) is 6.60. The Morgan fingerprint density at radius 1 is 1.17 bits per heavy atom. The molecule has 0 fully saturated rings. The Labute approximate surface area is 133 Å². The first-order chi connectivity index (χ1) is 11.0. The van der Waals surface area contributed by atoms with Crippen molar-refractivity contribution in [1.82, 2.24) is 19.7 Å². The smallest absolute Gasteiger partial charge is 0.279 e. The maximum atomic E-state index is 12.5. The lowest BCUT2D eigenvalue weighted by Crippen LogP contribution is -2.34. The molecule has 0 spiro atoms. The summed E-state index contributed by atoms with van der Waals surface area (Å²) in [7, 11) is 0. The van der Waals surface area contributed by atoms with Crippen LogP contribution < -0.4 is 21.7 Å². The molecule has 0 aliphatic carbocycles. The van der Waals surface area contributed by atoms with Crippen molar-refractivity contribution in [2.24, 2.45) is 0 Å². The second kappa shape index (κ2) is 5.58. The minimum Gasteiger partial charge on any atom is -0.494 e. The molecule has 0 atom stereocenters. The van der Waals surface area contributed by atoms with Crippen molar-refractivity contribution in [3.05, 3.63) is 71.9 Å². The molecule has 3 aromatic rings. The van der Waals surface area contributed by atoms with Crippen LogP contribution in [0.15, 0.2) is 39.9 Å². The van der Waals surface area contributed by atoms with Gasteiger partial charge in [-0.15, -0.1) is 0 Å². The number of H-pyrrole nitrogens is 3. The Morgan fingerprint density at radius 3 is 2.52 bits per heavy atom. The third-order valence-corrected chi connectivity index (χ3v) is 3.47. The molecule has 0 unspecified atom stereocenters. The summed E-state index contributed by atoms with van der Waals surface area (Å²) in [6.45, 7) is 3.77. The van der Waals surface area contributed by atoms with E-state index in [9.17, 15) is 14.7 Å². The number of para-hydroxylation sites is 1. The van der Waals surface area contributed by atoms with Crippen LogP contribution in [0.1, 0.15) is 5.56 Å². The fourth-order valence-corrected chi connectivity index (χ4v) is 2.35. The summed E-state index contributed by atoms with van der Waals surface area (Å²) in [5.74, 6) is -0.412. The van der Waals surface area contributed by atoms with Crippen LogP contribution in [0.5, 0.6) is 5.88 Å². The Balaban J connectivity index is 2.30. The molecule has 0 aliphatic heterocycles. The van der Waals surface area contributed by atoms with Crippen LogP contribution >= 0.6 is 12.2 Å². The zero-order chi connectivity index (χ0) is 16.6. The number of nitrogens with one attached hydrogen (secondary N) is 3. The molecule has 8 heteroatoms. The molecule has 0 saturated heterocycles. The van der Waals surface area contributed by atoms with Gasteiger partial charge in [-0.05, 0) is 30.4 Å². The van der Waals surface area contributed by atoms with E-state index in [0.29, 0.717) is 11.0 Å². The maximum Gasteiger partial charge on any atom is 0.279 e. The number of aromatic amines is 3. The summed E-state index contributed by atoms with van der Waals surface area (Å²) in [4.78, 5) is 29.2. The van der Waals surface area contributed by atoms with E-state index in [-0.39, 0.29) is 21.1 Å². The summed E-state index contributed by atoms with van der Waals surface area (Å²) in [6, 6.07) is 8.93. The first-order valence-corrected chi connectivity index (χ1v) is 7.01. The standard InChI is InChI=1S/C15H12N4O3S/c1-8-10(7-11-12(20)16-15(23)17-13(11)21)14(22)19(18-8)9-5-3-2-4-6-9/h2-7,18H,1H2,(H3,16,17,20,21,23). The van der Waals surface area contributed by atoms with Crippen LogP contribution in [-0.2, 0) is 0 Å². The van der Waals surface area contributed by atoms with Crippen molar-refractivity contribution in [2.45, 2.75) is 0 Å². The molecule has 0 amide bonds. The van der Waals surface area contributed by atoms with Gasteiger partial charge in [0.05, 0.1) is 16.3 Å². The zero-order valence-electron chi connectivity index (χ0n) is 11.8. The van der Waals surface area contributed by atoms with Crippen molar-refractivity contribution in [3.8, 4) is 11.6 Å². The van der Waals surface area contributed by atoms with E-state index in [0.717, 1.165) is 0 Å². The largest absolute Gasteiger partial charge is 0.494 e. The van der Waals surface area contributed by atoms with Gasteiger partial charge in [-0.3, -0.25) is 19.7 Å². The van der Waals surface area contributed by atoms with E-state index in [4.69, 9.17) is 12.2 Å². The van der Waals surface area contributed by atoms with Crippen LogP contribution in [-0.4, -0.2) is 24.9 Å². The molecular formula is C15H12N4O3S. The summed E-state index contributed by atoms with van der Waals surface area (Å²) in [6.07, 6.45) is 1.26. The van der Waals surface area contributed by atoms with Gasteiger partial charge in [0.25, 0.3) is 11.1 Å². The Kier molecular flexibility index (Phi) is 3.59. The number of hydrogen-bond donors (Lipinski definition) is 4. The monoisotopic (exact) mass is 328 g/mol. The second-order valence-electron chi connectivity index (χ2n) is 4.80. The van der Waals surface area contributed by atoms with Gasteiger partial charge in [-0.2, -0.15) is 0 Å². The van der Waals surface area contributed by atoms with Gasteiger partial charge < -0.3 is 10.1 Å². The lowest BCUT2D eigenvalue weighted by atomic mass is 10.2. The van der Waals surface area contributed by atoms with Gasteiger partial charge >= 0.3 is 0 Å². The lowest BCUT2D eigenvalue weighted by molar-refractivity contribution is 0.448. The van der Waals surface area contributed by atoms with Crippen molar-refractivity contribution >= 4 is 24.9 Å². The topological polar surface area (TPSA) is 107 Å². The van der Waals surface area contributed by atoms with Gasteiger partial charge in [0.15, 0.2) is 4.77 Å². The van der Waals surface area contributed by atoms with Gasteiger partial charge in [0.2, 0.25) is 5.88 Å². The molecule has 0 bridgehead atoms. The molecule has 2 heterocycles. The molecule has 0 radical (unpaired) electrons. The Morgan fingerprint density at radius 2 is 1.87 bits per heavy atom. The third-order valence-electron chi connectivity index (χ3n) is 3.27. The van der Waals surface area contributed by atoms with E-state index in [2.05, 4.69) is 21.6 Å². The SMILES string of the molecule is C=c1[nH]n(-c2ccccc2)c(=O)c1=Cc1c(O)[nH]c(=S)[nH]c1=O. The highest BCUT2D eigenvalue weighted by atomic mass is 32.1. The van der Waals surface area contributed by atoms with Crippen molar-refractivity contribution < 1.29 is 5.11 Å².